The Kier molecular flexibility index (Phi) is 11.3. The molecule has 230 valence electrons. The highest BCUT2D eigenvalue weighted by Crippen LogP contribution is 2.50. The monoisotopic (exact) mass is 615 g/mol. The maximum absolute atomic E-state index is 13.8. The molecular weight excluding hydrogens is 568 g/mol. The lowest BCUT2D eigenvalue weighted by Gasteiger charge is -2.39. The van der Waals surface area contributed by atoms with Crippen molar-refractivity contribution in [3.63, 3.8) is 0 Å². The number of fused-ring (bicyclic) bond motifs is 1. The topological polar surface area (TPSA) is 66.8 Å². The Bertz CT molecular complexity index is 1430. The smallest absolute Gasteiger partial charge is 0.333 e. The van der Waals surface area contributed by atoms with Gasteiger partial charge >= 0.3 is 7.60 Å². The maximum Gasteiger partial charge on any atom is 0.333 e. The average Bonchev–Trinajstić information content (AvgIpc) is 3.21. The number of ketones is 1. The summed E-state index contributed by atoms with van der Waals surface area (Å²) in [5, 5.41) is 0.923. The lowest BCUT2D eigenvalue weighted by Crippen LogP contribution is -2.45. The van der Waals surface area contributed by atoms with Crippen molar-refractivity contribution in [1.29, 1.82) is 0 Å². The summed E-state index contributed by atoms with van der Waals surface area (Å²) in [6.45, 7) is 18.8. The molecule has 0 bridgehead atoms. The summed E-state index contributed by atoms with van der Waals surface area (Å²) >= 11 is 0. The van der Waals surface area contributed by atoms with E-state index in [-0.39, 0.29) is 48.5 Å². The van der Waals surface area contributed by atoms with E-state index in [1.165, 1.54) is 12.1 Å². The van der Waals surface area contributed by atoms with Crippen molar-refractivity contribution in [3.8, 4) is 11.1 Å². The molecule has 1 aromatic heterocycles. The van der Waals surface area contributed by atoms with Gasteiger partial charge < -0.3 is 18.0 Å². The summed E-state index contributed by atoms with van der Waals surface area (Å²) in [5.41, 5.74) is 3.71. The second kappa shape index (κ2) is 14.0. The van der Waals surface area contributed by atoms with Gasteiger partial charge in [0.05, 0.1) is 31.2 Å². The molecule has 0 saturated heterocycles. The van der Waals surface area contributed by atoms with E-state index in [0.717, 1.165) is 27.7 Å². The molecule has 1 heterocycles. The highest BCUT2D eigenvalue weighted by Gasteiger charge is 2.41. The van der Waals surface area contributed by atoms with Gasteiger partial charge in [0.1, 0.15) is 5.82 Å². The predicted molar refractivity (Wildman–Crippen MR) is 174 cm³/mol. The lowest BCUT2D eigenvalue weighted by molar-refractivity contribution is -0.115. The predicted octanol–water partition coefficient (Wildman–Crippen LogP) is 9.66. The van der Waals surface area contributed by atoms with Crippen LogP contribution in [-0.4, -0.2) is 44.1 Å². The van der Waals surface area contributed by atoms with E-state index in [1.807, 2.05) is 24.3 Å². The van der Waals surface area contributed by atoms with Gasteiger partial charge in [-0.1, -0.05) is 51.1 Å². The molecule has 2 aromatic carbocycles. The molecule has 0 aliphatic heterocycles. The third-order valence-corrected chi connectivity index (χ3v) is 14.5. The van der Waals surface area contributed by atoms with Crippen molar-refractivity contribution >= 4 is 38.7 Å². The van der Waals surface area contributed by atoms with Crippen LogP contribution in [0.25, 0.3) is 28.1 Å². The van der Waals surface area contributed by atoms with Crippen LogP contribution in [-0.2, 0) is 22.8 Å². The molecule has 3 rings (SSSR count). The van der Waals surface area contributed by atoms with Crippen LogP contribution in [0.4, 0.5) is 4.39 Å². The fourth-order valence-corrected chi connectivity index (χ4v) is 8.18. The minimum Gasteiger partial charge on any atom is -0.413 e. The number of rotatable bonds is 14. The summed E-state index contributed by atoms with van der Waals surface area (Å²) in [4.78, 5) is 13.6. The van der Waals surface area contributed by atoms with Crippen LogP contribution in [0.15, 0.2) is 54.6 Å². The second-order valence-electron chi connectivity index (χ2n) is 12.4. The molecule has 0 aliphatic rings. The minimum absolute atomic E-state index is 0.00779. The van der Waals surface area contributed by atoms with Gasteiger partial charge in [0.15, 0.2) is 14.1 Å². The van der Waals surface area contributed by atoms with E-state index in [0.29, 0.717) is 0 Å². The Morgan fingerprint density at radius 3 is 2.17 bits per heavy atom. The van der Waals surface area contributed by atoms with Gasteiger partial charge in [0.2, 0.25) is 0 Å². The van der Waals surface area contributed by atoms with Gasteiger partial charge in [0, 0.05) is 28.9 Å². The van der Waals surface area contributed by atoms with Crippen LogP contribution in [0.3, 0.4) is 0 Å². The Morgan fingerprint density at radius 2 is 1.62 bits per heavy atom. The molecule has 0 saturated carbocycles. The molecule has 0 unspecified atom stereocenters. The first-order chi connectivity index (χ1) is 19.6. The molecule has 0 fully saturated rings. The number of halogens is 1. The Hall–Kier alpha value is -2.35. The Morgan fingerprint density at radius 1 is 1.02 bits per heavy atom. The van der Waals surface area contributed by atoms with E-state index < -0.39 is 22.0 Å². The molecule has 0 radical (unpaired) electrons. The molecule has 42 heavy (non-hydrogen) atoms. The SMILES string of the molecule is CCOP(=O)(C[C@@H](CC(=O)C=Cc1c(-c2ccc(F)cc2)c2ccccc2n1C(C)C)O[Si](C)(C)C(C)(C)C)OCC. The first kappa shape index (κ1) is 34.1. The summed E-state index contributed by atoms with van der Waals surface area (Å²) in [7, 11) is -5.77. The fourth-order valence-electron chi connectivity index (χ4n) is 4.91. The number of hydrogen-bond donors (Lipinski definition) is 0. The minimum atomic E-state index is -3.45. The third-order valence-electron chi connectivity index (χ3n) is 7.80. The molecular formula is C33H47FNO5PSi. The number of nitrogens with zero attached hydrogens (tertiary/aromatic N) is 1. The van der Waals surface area contributed by atoms with Crippen molar-refractivity contribution in [3.05, 3.63) is 66.1 Å². The Balaban J connectivity index is 2.03. The number of aromatic nitrogens is 1. The van der Waals surface area contributed by atoms with E-state index in [4.69, 9.17) is 13.5 Å². The van der Waals surface area contributed by atoms with Gasteiger partial charge in [-0.2, -0.15) is 0 Å². The van der Waals surface area contributed by atoms with Crippen LogP contribution in [0.1, 0.15) is 66.6 Å². The summed E-state index contributed by atoms with van der Waals surface area (Å²) in [6.07, 6.45) is 2.85. The van der Waals surface area contributed by atoms with Gasteiger partial charge in [-0.25, -0.2) is 4.39 Å². The largest absolute Gasteiger partial charge is 0.413 e. The van der Waals surface area contributed by atoms with Gasteiger partial charge in [0.25, 0.3) is 0 Å². The molecule has 0 amide bonds. The Labute approximate surface area is 251 Å². The van der Waals surface area contributed by atoms with Crippen molar-refractivity contribution in [2.45, 2.75) is 85.2 Å². The van der Waals surface area contributed by atoms with Crippen molar-refractivity contribution in [2.24, 2.45) is 0 Å². The van der Waals surface area contributed by atoms with Crippen LogP contribution in [0.2, 0.25) is 18.1 Å². The molecule has 6 nitrogen and oxygen atoms in total. The average molecular weight is 616 g/mol. The van der Waals surface area contributed by atoms with E-state index in [2.05, 4.69) is 58.3 Å². The number of para-hydroxylation sites is 1. The van der Waals surface area contributed by atoms with Gasteiger partial charge in [-0.3, -0.25) is 9.36 Å². The highest BCUT2D eigenvalue weighted by atomic mass is 31.2. The molecule has 3 aromatic rings. The van der Waals surface area contributed by atoms with Crippen molar-refractivity contribution in [2.75, 3.05) is 19.4 Å². The second-order valence-corrected chi connectivity index (χ2v) is 19.2. The summed E-state index contributed by atoms with van der Waals surface area (Å²) in [5.74, 6) is -0.452. The summed E-state index contributed by atoms with van der Waals surface area (Å²) in [6, 6.07) is 14.6. The van der Waals surface area contributed by atoms with E-state index in [9.17, 15) is 13.8 Å². The van der Waals surface area contributed by atoms with Crippen LogP contribution in [0, 0.1) is 5.82 Å². The van der Waals surface area contributed by atoms with E-state index in [1.54, 1.807) is 32.1 Å². The number of benzene rings is 2. The zero-order valence-electron chi connectivity index (χ0n) is 26.6. The zero-order chi connectivity index (χ0) is 31.3. The zero-order valence-corrected chi connectivity index (χ0v) is 28.5. The molecule has 0 spiro atoms. The van der Waals surface area contributed by atoms with E-state index >= 15 is 0 Å². The number of hydrogen-bond acceptors (Lipinski definition) is 5. The quantitative estimate of drug-likeness (QED) is 0.103. The molecule has 9 heteroatoms. The molecule has 0 N–H and O–H groups in total. The standard InChI is InChI=1S/C33H47FNO5PSi/c1-10-38-41(37,39-11-2)23-28(40-42(8,9)33(5,6)7)22-27(36)20-21-31-32(25-16-18-26(34)19-17-25)29-14-12-13-15-30(29)35(31)24(3)4/h12-21,24,28H,10-11,22-23H2,1-9H3/t28-/m1/s1. The normalized spacial score (nSPS) is 13.9. The number of carbonyl (C=O) groups excluding carboxylic acids is 1. The lowest BCUT2D eigenvalue weighted by atomic mass is 10.0. The molecule has 0 aliphatic carbocycles. The summed E-state index contributed by atoms with van der Waals surface area (Å²) < 4.78 is 47.3. The van der Waals surface area contributed by atoms with Crippen molar-refractivity contribution in [1.82, 2.24) is 4.57 Å². The highest BCUT2D eigenvalue weighted by molar-refractivity contribution is 7.53. The maximum atomic E-state index is 13.8. The van der Waals surface area contributed by atoms with Crippen molar-refractivity contribution < 1.29 is 27.2 Å². The number of carbonyl (C=O) groups is 1. The molecule has 1 atom stereocenters. The van der Waals surface area contributed by atoms with Crippen LogP contribution < -0.4 is 0 Å². The first-order valence-corrected chi connectivity index (χ1v) is 19.4. The fraction of sp³-hybridized carbons (Fsp3) is 0.485. The van der Waals surface area contributed by atoms with Crippen LogP contribution >= 0.6 is 7.60 Å². The first-order valence-electron chi connectivity index (χ1n) is 14.8. The number of allylic oxidation sites excluding steroid dienone is 1. The van der Waals surface area contributed by atoms with Crippen LogP contribution in [0.5, 0.6) is 0 Å². The van der Waals surface area contributed by atoms with Gasteiger partial charge in [-0.15, -0.1) is 0 Å². The third kappa shape index (κ3) is 8.17. The van der Waals surface area contributed by atoms with Gasteiger partial charge in [-0.05, 0) is 81.7 Å².